The maximum absolute atomic E-state index is 12.3. The molecule has 0 saturated heterocycles. The Morgan fingerprint density at radius 2 is 2.00 bits per heavy atom. The molecule has 3 heteroatoms. The summed E-state index contributed by atoms with van der Waals surface area (Å²) in [6.45, 7) is 10.3. The van der Waals surface area contributed by atoms with Gasteiger partial charge in [-0.1, -0.05) is 27.7 Å². The molecule has 108 valence electrons. The molecule has 1 saturated carbocycles. The Balaban J connectivity index is 3.20. The van der Waals surface area contributed by atoms with E-state index < -0.39 is 0 Å². The third-order valence-electron chi connectivity index (χ3n) is 3.59. The Kier molecular flexibility index (Phi) is 5.33. The van der Waals surface area contributed by atoms with Crippen LogP contribution >= 0.6 is 0 Å². The molecule has 1 N–H and O–H groups in total. The monoisotopic (exact) mass is 265 g/mol. The lowest BCUT2D eigenvalue weighted by Crippen LogP contribution is -2.33. The highest BCUT2D eigenvalue weighted by molar-refractivity contribution is 6.24. The van der Waals surface area contributed by atoms with E-state index in [-0.39, 0.29) is 23.0 Å². The highest BCUT2D eigenvalue weighted by Gasteiger charge is 2.36. The molecule has 1 atom stereocenters. The zero-order valence-corrected chi connectivity index (χ0v) is 12.9. The van der Waals surface area contributed by atoms with Gasteiger partial charge in [-0.15, -0.1) is 0 Å². The molecule has 0 aromatic carbocycles. The van der Waals surface area contributed by atoms with Gasteiger partial charge >= 0.3 is 0 Å². The molecule has 0 spiro atoms. The smallest absolute Gasteiger partial charge is 0.168 e. The maximum atomic E-state index is 12.3. The number of hydrogen-bond donors (Lipinski definition) is 1. The van der Waals surface area contributed by atoms with Crippen LogP contribution in [-0.2, 0) is 4.79 Å². The van der Waals surface area contributed by atoms with Crippen LogP contribution < -0.4 is 0 Å². The van der Waals surface area contributed by atoms with Gasteiger partial charge in [-0.05, 0) is 31.6 Å². The van der Waals surface area contributed by atoms with Gasteiger partial charge in [-0.2, -0.15) is 0 Å². The number of Topliss-reactive ketones (excluding diaryl/α,β-unsaturated/α-hetero) is 1. The largest absolute Gasteiger partial charge is 0.511 e. The Hall–Kier alpha value is -1.12. The van der Waals surface area contributed by atoms with Gasteiger partial charge in [0.25, 0.3) is 0 Å². The highest BCUT2D eigenvalue weighted by atomic mass is 16.3. The summed E-state index contributed by atoms with van der Waals surface area (Å²) in [5.74, 6) is 0.273. The normalized spacial score (nSPS) is 25.5. The van der Waals surface area contributed by atoms with Gasteiger partial charge in [0, 0.05) is 24.6 Å². The molecule has 3 nitrogen and oxygen atoms in total. The molecule has 0 heterocycles. The second-order valence-electron chi connectivity index (χ2n) is 6.35. The molecule has 1 aliphatic rings. The van der Waals surface area contributed by atoms with E-state index in [4.69, 9.17) is 0 Å². The maximum Gasteiger partial charge on any atom is 0.168 e. The summed E-state index contributed by atoms with van der Waals surface area (Å²) in [4.78, 5) is 17.0. The van der Waals surface area contributed by atoms with E-state index in [2.05, 4.69) is 25.8 Å². The molecule has 0 aromatic rings. The number of aliphatic hydroxyl groups is 1. The van der Waals surface area contributed by atoms with Crippen LogP contribution in [0.4, 0.5) is 0 Å². The third-order valence-corrected chi connectivity index (χ3v) is 3.59. The van der Waals surface area contributed by atoms with Crippen LogP contribution in [0.25, 0.3) is 0 Å². The average Bonchev–Trinajstić information content (AvgIpc) is 2.26. The predicted molar refractivity (Wildman–Crippen MR) is 79.8 cm³/mol. The van der Waals surface area contributed by atoms with Gasteiger partial charge in [0.2, 0.25) is 0 Å². The van der Waals surface area contributed by atoms with E-state index >= 15 is 0 Å². The summed E-state index contributed by atoms with van der Waals surface area (Å²) in [5, 5.41) is 10.1. The highest BCUT2D eigenvalue weighted by Crippen LogP contribution is 2.36. The molecule has 0 radical (unpaired) electrons. The van der Waals surface area contributed by atoms with Crippen LogP contribution in [0.5, 0.6) is 0 Å². The first-order chi connectivity index (χ1) is 8.80. The third kappa shape index (κ3) is 4.19. The molecule has 19 heavy (non-hydrogen) atoms. The van der Waals surface area contributed by atoms with Crippen LogP contribution in [0.15, 0.2) is 16.3 Å². The Morgan fingerprint density at radius 3 is 2.53 bits per heavy atom. The first-order valence-electron chi connectivity index (χ1n) is 7.33. The molecular formula is C16H27NO2. The van der Waals surface area contributed by atoms with Crippen molar-refractivity contribution in [1.29, 1.82) is 0 Å². The number of aliphatic hydroxyl groups excluding tert-OH is 1. The minimum Gasteiger partial charge on any atom is -0.511 e. The van der Waals surface area contributed by atoms with Gasteiger partial charge in [-0.3, -0.25) is 9.79 Å². The first kappa shape index (κ1) is 15.9. The van der Waals surface area contributed by atoms with Gasteiger partial charge < -0.3 is 5.11 Å². The lowest BCUT2D eigenvalue weighted by Gasteiger charge is -2.32. The average molecular weight is 265 g/mol. The Labute approximate surface area is 116 Å². The zero-order valence-electron chi connectivity index (χ0n) is 12.9. The van der Waals surface area contributed by atoms with Gasteiger partial charge in [0.05, 0.1) is 5.57 Å². The van der Waals surface area contributed by atoms with E-state index in [0.29, 0.717) is 18.4 Å². The standard InChI is InChI=1S/C16H27NO2/c1-6-8-13(18)15-12(17-11(3)7-2)9-16(4,5)10-14(15)19/h11,18H,6-10H2,1-5H3/t11-/m0/s1. The van der Waals surface area contributed by atoms with Crippen molar-refractivity contribution in [1.82, 2.24) is 0 Å². The minimum atomic E-state index is -0.0562. The Morgan fingerprint density at radius 1 is 1.37 bits per heavy atom. The van der Waals surface area contributed by atoms with Crippen molar-refractivity contribution in [3.63, 3.8) is 0 Å². The van der Waals surface area contributed by atoms with E-state index in [9.17, 15) is 9.90 Å². The van der Waals surface area contributed by atoms with Crippen LogP contribution in [0.3, 0.4) is 0 Å². The van der Waals surface area contributed by atoms with Crippen molar-refractivity contribution < 1.29 is 9.90 Å². The number of carbonyl (C=O) groups excluding carboxylic acids is 1. The number of nitrogens with zero attached hydrogens (tertiary/aromatic N) is 1. The van der Waals surface area contributed by atoms with Crippen LogP contribution in [0.2, 0.25) is 0 Å². The summed E-state index contributed by atoms with van der Waals surface area (Å²) in [5.41, 5.74) is 1.25. The lowest BCUT2D eigenvalue weighted by atomic mass is 9.73. The van der Waals surface area contributed by atoms with E-state index in [1.54, 1.807) is 0 Å². The fourth-order valence-electron chi connectivity index (χ4n) is 2.44. The van der Waals surface area contributed by atoms with Crippen molar-refractivity contribution in [2.45, 2.75) is 72.8 Å². The molecule has 0 aromatic heterocycles. The topological polar surface area (TPSA) is 49.7 Å². The predicted octanol–water partition coefficient (Wildman–Crippen LogP) is 4.23. The summed E-state index contributed by atoms with van der Waals surface area (Å²) < 4.78 is 0. The van der Waals surface area contributed by atoms with E-state index in [1.165, 1.54) is 0 Å². The van der Waals surface area contributed by atoms with Crippen LogP contribution in [0.1, 0.15) is 66.7 Å². The van der Waals surface area contributed by atoms with Gasteiger partial charge in [0.15, 0.2) is 5.78 Å². The molecule has 1 fully saturated rings. The summed E-state index contributed by atoms with van der Waals surface area (Å²) in [6.07, 6.45) is 3.60. The van der Waals surface area contributed by atoms with Crippen molar-refractivity contribution in [2.24, 2.45) is 10.4 Å². The molecule has 0 aliphatic heterocycles. The van der Waals surface area contributed by atoms with Crippen molar-refractivity contribution >= 4 is 11.5 Å². The summed E-state index contributed by atoms with van der Waals surface area (Å²) in [6, 6.07) is 0.195. The molecular weight excluding hydrogens is 238 g/mol. The molecule has 0 unspecified atom stereocenters. The quantitative estimate of drug-likeness (QED) is 0.611. The number of aliphatic imine (C=N–C) groups is 1. The summed E-state index contributed by atoms with van der Waals surface area (Å²) >= 11 is 0. The first-order valence-corrected chi connectivity index (χ1v) is 7.33. The number of hydrogen-bond acceptors (Lipinski definition) is 3. The van der Waals surface area contributed by atoms with Gasteiger partial charge in [-0.25, -0.2) is 0 Å². The number of allylic oxidation sites excluding steroid dienone is 2. The van der Waals surface area contributed by atoms with Crippen molar-refractivity contribution in [3.05, 3.63) is 11.3 Å². The number of rotatable bonds is 4. The van der Waals surface area contributed by atoms with Gasteiger partial charge in [0.1, 0.15) is 5.76 Å². The SMILES string of the molecule is CCCC(O)=C1C(=O)CC(C)(C)CC1=N[C@@H](C)CC. The lowest BCUT2D eigenvalue weighted by molar-refractivity contribution is -0.117. The fourth-order valence-corrected chi connectivity index (χ4v) is 2.44. The van der Waals surface area contributed by atoms with E-state index in [1.807, 2.05) is 13.8 Å². The Bertz CT molecular complexity index is 405. The number of carbonyl (C=O) groups is 1. The zero-order chi connectivity index (χ0) is 14.6. The second kappa shape index (κ2) is 6.36. The van der Waals surface area contributed by atoms with Crippen molar-refractivity contribution in [2.75, 3.05) is 0 Å². The van der Waals surface area contributed by atoms with Crippen LogP contribution in [0, 0.1) is 5.41 Å². The fraction of sp³-hybridized carbons (Fsp3) is 0.750. The van der Waals surface area contributed by atoms with Crippen molar-refractivity contribution in [3.8, 4) is 0 Å². The molecule has 0 bridgehead atoms. The molecule has 0 amide bonds. The summed E-state index contributed by atoms with van der Waals surface area (Å²) in [7, 11) is 0. The van der Waals surface area contributed by atoms with E-state index in [0.717, 1.165) is 25.0 Å². The minimum absolute atomic E-state index is 0.0456. The van der Waals surface area contributed by atoms with Crippen LogP contribution in [-0.4, -0.2) is 22.6 Å². The molecule has 1 rings (SSSR count). The number of ketones is 1. The molecule has 1 aliphatic carbocycles. The second-order valence-corrected chi connectivity index (χ2v) is 6.35.